The minimum absolute atomic E-state index is 0.608. The number of nitrogens with zero attached hydrogens (tertiary/aromatic N) is 1. The molecule has 6 heteroatoms. The number of guanidine groups is 1. The monoisotopic (exact) mass is 351 g/mol. The van der Waals surface area contributed by atoms with E-state index >= 15 is 0 Å². The molecule has 0 aliphatic carbocycles. The Balaban J connectivity index is 1.97. The lowest BCUT2D eigenvalue weighted by Crippen LogP contribution is -2.40. The molecule has 2 rings (SSSR count). The molecule has 24 heavy (non-hydrogen) atoms. The van der Waals surface area contributed by atoms with Crippen molar-refractivity contribution in [2.24, 2.45) is 4.99 Å². The average molecular weight is 352 g/mol. The summed E-state index contributed by atoms with van der Waals surface area (Å²) < 4.78 is 11.0. The fourth-order valence-corrected chi connectivity index (χ4v) is 3.82. The van der Waals surface area contributed by atoms with Crippen LogP contribution in [-0.2, 0) is 6.54 Å². The second-order valence-electron chi connectivity index (χ2n) is 5.63. The van der Waals surface area contributed by atoms with Gasteiger partial charge in [-0.2, -0.15) is 11.8 Å². The molecule has 0 amide bonds. The molecule has 1 fully saturated rings. The van der Waals surface area contributed by atoms with E-state index in [1.54, 1.807) is 7.11 Å². The molecule has 1 aromatic rings. The zero-order valence-corrected chi connectivity index (χ0v) is 15.7. The van der Waals surface area contributed by atoms with Crippen molar-refractivity contribution in [3.8, 4) is 11.5 Å². The second-order valence-corrected chi connectivity index (χ2v) is 7.04. The van der Waals surface area contributed by atoms with Gasteiger partial charge in [0.1, 0.15) is 0 Å². The summed E-state index contributed by atoms with van der Waals surface area (Å²) in [6.07, 6.45) is 2.63. The third kappa shape index (κ3) is 5.82. The summed E-state index contributed by atoms with van der Waals surface area (Å²) in [4.78, 5) is 4.69. The van der Waals surface area contributed by atoms with E-state index in [0.29, 0.717) is 18.4 Å². The van der Waals surface area contributed by atoms with E-state index in [0.717, 1.165) is 36.1 Å². The number of hydrogen-bond donors (Lipinski definition) is 2. The van der Waals surface area contributed by atoms with Gasteiger partial charge >= 0.3 is 0 Å². The molecule has 2 N–H and O–H groups in total. The summed E-state index contributed by atoms with van der Waals surface area (Å²) in [7, 11) is 1.66. The Bertz CT molecular complexity index is 531. The number of benzene rings is 1. The SMILES string of the molecule is CCNC(=NCc1ccc(OC)c(OCC)c1)NCC1CCCS1. The van der Waals surface area contributed by atoms with Crippen molar-refractivity contribution in [2.75, 3.05) is 32.6 Å². The number of aliphatic imine (C=N–C) groups is 1. The van der Waals surface area contributed by atoms with Crippen LogP contribution in [0.15, 0.2) is 23.2 Å². The van der Waals surface area contributed by atoms with Crippen molar-refractivity contribution < 1.29 is 9.47 Å². The molecule has 1 saturated heterocycles. The summed E-state index contributed by atoms with van der Waals surface area (Å²) in [6, 6.07) is 5.97. The van der Waals surface area contributed by atoms with Crippen LogP contribution in [0.2, 0.25) is 0 Å². The standard InChI is InChI=1S/C18H29N3O2S/c1-4-19-18(21-13-15-7-6-10-24-15)20-12-14-8-9-16(22-3)17(11-14)23-5-2/h8-9,11,15H,4-7,10,12-13H2,1-3H3,(H2,19,20,21). The number of nitrogens with one attached hydrogen (secondary N) is 2. The number of methoxy groups -OCH3 is 1. The first-order chi connectivity index (χ1) is 11.8. The summed E-state index contributed by atoms with van der Waals surface area (Å²) >= 11 is 2.05. The molecule has 0 aromatic heterocycles. The Morgan fingerprint density at radius 3 is 2.83 bits per heavy atom. The van der Waals surface area contributed by atoms with Crippen molar-refractivity contribution in [3.05, 3.63) is 23.8 Å². The molecule has 1 atom stereocenters. The van der Waals surface area contributed by atoms with Crippen molar-refractivity contribution in [1.29, 1.82) is 0 Å². The predicted molar refractivity (Wildman–Crippen MR) is 102 cm³/mol. The number of thioether (sulfide) groups is 1. The fourth-order valence-electron chi connectivity index (χ4n) is 2.62. The summed E-state index contributed by atoms with van der Waals surface area (Å²) in [5, 5.41) is 7.48. The predicted octanol–water partition coefficient (Wildman–Crippen LogP) is 3.04. The van der Waals surface area contributed by atoms with E-state index in [1.165, 1.54) is 18.6 Å². The van der Waals surface area contributed by atoms with E-state index in [1.807, 2.05) is 25.1 Å². The summed E-state index contributed by atoms with van der Waals surface area (Å²) in [6.45, 7) is 7.11. The van der Waals surface area contributed by atoms with Crippen molar-refractivity contribution in [2.45, 2.75) is 38.5 Å². The Kier molecular flexibility index (Phi) is 8.08. The molecule has 0 saturated carbocycles. The van der Waals surface area contributed by atoms with Gasteiger partial charge in [-0.15, -0.1) is 0 Å². The third-order valence-corrected chi connectivity index (χ3v) is 5.21. The molecule has 0 spiro atoms. The first-order valence-electron chi connectivity index (χ1n) is 8.70. The van der Waals surface area contributed by atoms with E-state index in [9.17, 15) is 0 Å². The lowest BCUT2D eigenvalue weighted by Gasteiger charge is -2.15. The molecule has 1 aromatic carbocycles. The number of rotatable bonds is 8. The Morgan fingerprint density at radius 2 is 2.17 bits per heavy atom. The molecule has 134 valence electrons. The topological polar surface area (TPSA) is 54.9 Å². The molecule has 5 nitrogen and oxygen atoms in total. The van der Waals surface area contributed by atoms with Crippen LogP contribution in [-0.4, -0.2) is 43.8 Å². The lowest BCUT2D eigenvalue weighted by atomic mass is 10.2. The lowest BCUT2D eigenvalue weighted by molar-refractivity contribution is 0.310. The van der Waals surface area contributed by atoms with E-state index in [4.69, 9.17) is 14.5 Å². The van der Waals surface area contributed by atoms with Gasteiger partial charge in [-0.25, -0.2) is 4.99 Å². The Morgan fingerprint density at radius 1 is 1.29 bits per heavy atom. The van der Waals surface area contributed by atoms with Crippen LogP contribution in [0.4, 0.5) is 0 Å². The normalized spacial score (nSPS) is 17.6. The van der Waals surface area contributed by atoms with Crippen LogP contribution in [0.5, 0.6) is 11.5 Å². The smallest absolute Gasteiger partial charge is 0.191 e. The zero-order valence-electron chi connectivity index (χ0n) is 14.9. The number of ether oxygens (including phenoxy) is 2. The molecule has 1 unspecified atom stereocenters. The zero-order chi connectivity index (χ0) is 17.2. The highest BCUT2D eigenvalue weighted by Crippen LogP contribution is 2.28. The molecule has 1 aliphatic rings. The average Bonchev–Trinajstić information content (AvgIpc) is 3.11. The third-order valence-electron chi connectivity index (χ3n) is 3.81. The van der Waals surface area contributed by atoms with Crippen LogP contribution >= 0.6 is 11.8 Å². The van der Waals surface area contributed by atoms with Crippen LogP contribution in [0.25, 0.3) is 0 Å². The quantitative estimate of drug-likeness (QED) is 0.557. The summed E-state index contributed by atoms with van der Waals surface area (Å²) in [5.74, 6) is 3.69. The van der Waals surface area contributed by atoms with Gasteiger partial charge in [0.2, 0.25) is 0 Å². The van der Waals surface area contributed by atoms with Gasteiger partial charge in [-0.3, -0.25) is 0 Å². The molecule has 0 bridgehead atoms. The van der Waals surface area contributed by atoms with E-state index < -0.39 is 0 Å². The highest BCUT2D eigenvalue weighted by atomic mass is 32.2. The minimum Gasteiger partial charge on any atom is -0.493 e. The highest BCUT2D eigenvalue weighted by molar-refractivity contribution is 8.00. The Labute approximate surface area is 149 Å². The van der Waals surface area contributed by atoms with E-state index in [-0.39, 0.29) is 0 Å². The Hall–Kier alpha value is -1.56. The van der Waals surface area contributed by atoms with Crippen LogP contribution in [0.3, 0.4) is 0 Å². The van der Waals surface area contributed by atoms with Gasteiger partial charge in [-0.05, 0) is 50.1 Å². The van der Waals surface area contributed by atoms with Crippen LogP contribution in [0, 0.1) is 0 Å². The fraction of sp³-hybridized carbons (Fsp3) is 0.611. The molecule has 1 aliphatic heterocycles. The number of hydrogen-bond acceptors (Lipinski definition) is 4. The van der Waals surface area contributed by atoms with Crippen molar-refractivity contribution in [1.82, 2.24) is 10.6 Å². The molecular weight excluding hydrogens is 322 g/mol. The van der Waals surface area contributed by atoms with Gasteiger partial charge in [0, 0.05) is 18.3 Å². The van der Waals surface area contributed by atoms with Gasteiger partial charge in [0.25, 0.3) is 0 Å². The van der Waals surface area contributed by atoms with Gasteiger partial charge in [0.05, 0.1) is 20.3 Å². The first-order valence-corrected chi connectivity index (χ1v) is 9.75. The highest BCUT2D eigenvalue weighted by Gasteiger charge is 2.15. The molecular formula is C18H29N3O2S. The van der Waals surface area contributed by atoms with E-state index in [2.05, 4.69) is 29.3 Å². The maximum absolute atomic E-state index is 5.63. The maximum Gasteiger partial charge on any atom is 0.191 e. The summed E-state index contributed by atoms with van der Waals surface area (Å²) in [5.41, 5.74) is 1.10. The van der Waals surface area contributed by atoms with Crippen molar-refractivity contribution in [3.63, 3.8) is 0 Å². The maximum atomic E-state index is 5.63. The minimum atomic E-state index is 0.608. The molecule has 1 heterocycles. The van der Waals surface area contributed by atoms with Crippen LogP contribution < -0.4 is 20.1 Å². The van der Waals surface area contributed by atoms with Gasteiger partial charge in [-0.1, -0.05) is 6.07 Å². The molecule has 0 radical (unpaired) electrons. The largest absolute Gasteiger partial charge is 0.493 e. The second kappa shape index (κ2) is 10.3. The van der Waals surface area contributed by atoms with Crippen molar-refractivity contribution >= 4 is 17.7 Å². The van der Waals surface area contributed by atoms with Gasteiger partial charge < -0.3 is 20.1 Å². The van der Waals surface area contributed by atoms with Gasteiger partial charge in [0.15, 0.2) is 17.5 Å². The van der Waals surface area contributed by atoms with Crippen LogP contribution in [0.1, 0.15) is 32.3 Å². The first kappa shape index (κ1) is 18.8.